The van der Waals surface area contributed by atoms with Crippen molar-refractivity contribution in [2.75, 3.05) is 32.7 Å². The molecule has 1 aliphatic carbocycles. The van der Waals surface area contributed by atoms with Crippen molar-refractivity contribution in [2.24, 2.45) is 0 Å². The Kier molecular flexibility index (Phi) is 4.83. The van der Waals surface area contributed by atoms with E-state index in [9.17, 15) is 9.59 Å². The topological polar surface area (TPSA) is 70.5 Å². The Labute approximate surface area is 170 Å². The van der Waals surface area contributed by atoms with Crippen molar-refractivity contribution in [1.82, 2.24) is 24.9 Å². The average Bonchev–Trinajstić information content (AvgIpc) is 3.37. The summed E-state index contributed by atoms with van der Waals surface area (Å²) in [6.45, 7) is 3.30. The van der Waals surface area contributed by atoms with Gasteiger partial charge in [0, 0.05) is 43.5 Å². The molecule has 1 aromatic heterocycles. The molecule has 5 rings (SSSR count). The minimum absolute atomic E-state index is 0.0186. The van der Waals surface area contributed by atoms with Gasteiger partial charge in [0.1, 0.15) is 0 Å². The van der Waals surface area contributed by atoms with Gasteiger partial charge >= 0.3 is 0 Å². The summed E-state index contributed by atoms with van der Waals surface area (Å²) >= 11 is 0. The maximum absolute atomic E-state index is 13.4. The van der Waals surface area contributed by atoms with E-state index in [-0.39, 0.29) is 17.9 Å². The first-order valence-corrected chi connectivity index (χ1v) is 10.7. The number of fused-ring (bicyclic) bond motifs is 1. The molecule has 152 valence electrons. The highest BCUT2D eigenvalue weighted by Gasteiger charge is 2.35. The number of rotatable bonds is 3. The van der Waals surface area contributed by atoms with Crippen LogP contribution in [0.25, 0.3) is 5.69 Å². The molecule has 1 aromatic carbocycles. The average molecular weight is 393 g/mol. The second-order valence-electron chi connectivity index (χ2n) is 8.19. The molecule has 7 nitrogen and oxygen atoms in total. The molecule has 2 aliphatic heterocycles. The number of carbonyl (C=O) groups is 2. The lowest BCUT2D eigenvalue weighted by Crippen LogP contribution is -2.57. The monoisotopic (exact) mass is 393 g/mol. The molecule has 7 heteroatoms. The van der Waals surface area contributed by atoms with E-state index in [0.717, 1.165) is 63.0 Å². The Morgan fingerprint density at radius 3 is 2.79 bits per heavy atom. The van der Waals surface area contributed by atoms with Gasteiger partial charge in [0.15, 0.2) is 5.69 Å². The Hall–Kier alpha value is -2.67. The third-order valence-electron chi connectivity index (χ3n) is 6.38. The van der Waals surface area contributed by atoms with Crippen LogP contribution in [0.15, 0.2) is 30.3 Å². The van der Waals surface area contributed by atoms with Crippen molar-refractivity contribution in [3.8, 4) is 5.69 Å². The highest BCUT2D eigenvalue weighted by molar-refractivity contribution is 5.94. The molecule has 3 aliphatic rings. The summed E-state index contributed by atoms with van der Waals surface area (Å²) in [6, 6.07) is 10.2. The van der Waals surface area contributed by atoms with Crippen molar-refractivity contribution in [3.05, 3.63) is 47.3 Å². The highest BCUT2D eigenvalue weighted by atomic mass is 16.2. The van der Waals surface area contributed by atoms with E-state index >= 15 is 0 Å². The maximum Gasteiger partial charge on any atom is 0.274 e. The first-order chi connectivity index (χ1) is 14.2. The summed E-state index contributed by atoms with van der Waals surface area (Å²) in [5.74, 6) is 0.162. The lowest BCUT2D eigenvalue weighted by molar-refractivity contribution is -0.135. The quantitative estimate of drug-likeness (QED) is 0.856. The number of hydrogen-bond donors (Lipinski definition) is 1. The summed E-state index contributed by atoms with van der Waals surface area (Å²) < 4.78 is 1.96. The summed E-state index contributed by atoms with van der Waals surface area (Å²) in [7, 11) is 0. The number of piperidine rings is 1. The van der Waals surface area contributed by atoms with E-state index in [4.69, 9.17) is 5.10 Å². The van der Waals surface area contributed by atoms with Crippen molar-refractivity contribution in [1.29, 1.82) is 0 Å². The number of amides is 2. The predicted octanol–water partition coefficient (Wildman–Crippen LogP) is 1.40. The number of nitrogens with one attached hydrogen (secondary N) is 1. The fraction of sp³-hybridized carbons (Fsp3) is 0.500. The normalized spacial score (nSPS) is 22.1. The van der Waals surface area contributed by atoms with Crippen LogP contribution in [0.3, 0.4) is 0 Å². The van der Waals surface area contributed by atoms with Crippen molar-refractivity contribution in [3.63, 3.8) is 0 Å². The third-order valence-corrected chi connectivity index (χ3v) is 6.38. The molecule has 2 amide bonds. The molecule has 2 fully saturated rings. The van der Waals surface area contributed by atoms with Crippen LogP contribution in [0.5, 0.6) is 0 Å². The molecule has 1 atom stereocenters. The van der Waals surface area contributed by atoms with E-state index in [0.29, 0.717) is 18.8 Å². The third kappa shape index (κ3) is 3.33. The van der Waals surface area contributed by atoms with E-state index in [1.54, 1.807) is 0 Å². The molecular formula is C22H27N5O2. The molecule has 3 heterocycles. The number of aromatic nitrogens is 2. The SMILES string of the molecule is O=C(c1nn(-c2ccccc2)c2c1CCC2)N1CCCC(N2CCNCC2=O)C1. The first kappa shape index (κ1) is 18.4. The number of hydrogen-bond acceptors (Lipinski definition) is 4. The first-order valence-electron chi connectivity index (χ1n) is 10.7. The molecule has 0 saturated carbocycles. The molecule has 1 unspecified atom stereocenters. The van der Waals surface area contributed by atoms with Crippen LogP contribution in [-0.2, 0) is 17.6 Å². The zero-order valence-electron chi connectivity index (χ0n) is 16.6. The molecule has 1 N–H and O–H groups in total. The van der Waals surface area contributed by atoms with E-state index in [1.807, 2.05) is 44.8 Å². The van der Waals surface area contributed by atoms with E-state index in [1.165, 1.54) is 5.69 Å². The van der Waals surface area contributed by atoms with Crippen LogP contribution in [0.1, 0.15) is 41.0 Å². The zero-order valence-corrected chi connectivity index (χ0v) is 16.6. The largest absolute Gasteiger partial charge is 0.336 e. The van der Waals surface area contributed by atoms with Gasteiger partial charge < -0.3 is 15.1 Å². The molecular weight excluding hydrogens is 366 g/mol. The van der Waals surface area contributed by atoms with Crippen LogP contribution in [-0.4, -0.2) is 70.2 Å². The maximum atomic E-state index is 13.4. The summed E-state index contributed by atoms with van der Waals surface area (Å²) in [4.78, 5) is 29.6. The number of benzene rings is 1. The Morgan fingerprint density at radius 2 is 1.97 bits per heavy atom. The van der Waals surface area contributed by atoms with Crippen LogP contribution >= 0.6 is 0 Å². The standard InChI is InChI=1S/C22H27N5O2/c28-20-14-23-11-13-26(20)17-8-5-12-25(15-17)22(29)21-18-9-4-10-19(18)27(24-21)16-6-2-1-3-7-16/h1-3,6-7,17,23H,4-5,8-15H2. The smallest absolute Gasteiger partial charge is 0.274 e. The number of likely N-dealkylation sites (tertiary alicyclic amines) is 1. The Bertz CT molecular complexity index is 923. The lowest BCUT2D eigenvalue weighted by atomic mass is 10.0. The van der Waals surface area contributed by atoms with Gasteiger partial charge in [0.2, 0.25) is 5.91 Å². The van der Waals surface area contributed by atoms with Gasteiger partial charge in [-0.25, -0.2) is 4.68 Å². The van der Waals surface area contributed by atoms with Crippen molar-refractivity contribution >= 4 is 11.8 Å². The fourth-order valence-corrected chi connectivity index (χ4v) is 4.94. The fourth-order valence-electron chi connectivity index (χ4n) is 4.94. The zero-order chi connectivity index (χ0) is 19.8. The lowest BCUT2D eigenvalue weighted by Gasteiger charge is -2.41. The summed E-state index contributed by atoms with van der Waals surface area (Å²) in [5.41, 5.74) is 3.89. The second kappa shape index (κ2) is 7.63. The van der Waals surface area contributed by atoms with Gasteiger partial charge in [0.25, 0.3) is 5.91 Å². The Balaban J connectivity index is 1.40. The Morgan fingerprint density at radius 1 is 1.10 bits per heavy atom. The molecule has 0 spiro atoms. The van der Waals surface area contributed by atoms with Crippen molar-refractivity contribution < 1.29 is 9.59 Å². The highest BCUT2D eigenvalue weighted by Crippen LogP contribution is 2.29. The van der Waals surface area contributed by atoms with Gasteiger partial charge in [-0.3, -0.25) is 9.59 Å². The predicted molar refractivity (Wildman–Crippen MR) is 109 cm³/mol. The van der Waals surface area contributed by atoms with Crippen LogP contribution in [0.2, 0.25) is 0 Å². The second-order valence-corrected chi connectivity index (χ2v) is 8.19. The van der Waals surface area contributed by atoms with Crippen LogP contribution in [0.4, 0.5) is 0 Å². The minimum Gasteiger partial charge on any atom is -0.336 e. The van der Waals surface area contributed by atoms with Crippen LogP contribution in [0, 0.1) is 0 Å². The molecule has 2 aromatic rings. The number of para-hydroxylation sites is 1. The molecule has 29 heavy (non-hydrogen) atoms. The van der Waals surface area contributed by atoms with Gasteiger partial charge in [-0.15, -0.1) is 0 Å². The minimum atomic E-state index is 0.0186. The van der Waals surface area contributed by atoms with Gasteiger partial charge in [-0.05, 0) is 44.2 Å². The molecule has 0 bridgehead atoms. The number of nitrogens with zero attached hydrogens (tertiary/aromatic N) is 4. The summed E-state index contributed by atoms with van der Waals surface area (Å²) in [5, 5.41) is 7.89. The van der Waals surface area contributed by atoms with Crippen molar-refractivity contribution in [2.45, 2.75) is 38.1 Å². The molecule has 0 radical (unpaired) electrons. The van der Waals surface area contributed by atoms with E-state index in [2.05, 4.69) is 5.32 Å². The number of piperazine rings is 1. The van der Waals surface area contributed by atoms with Crippen LogP contribution < -0.4 is 5.32 Å². The van der Waals surface area contributed by atoms with Gasteiger partial charge in [-0.1, -0.05) is 18.2 Å². The molecule has 2 saturated heterocycles. The van der Waals surface area contributed by atoms with E-state index < -0.39 is 0 Å². The number of carbonyl (C=O) groups excluding carboxylic acids is 2. The van der Waals surface area contributed by atoms with Gasteiger partial charge in [-0.2, -0.15) is 5.10 Å². The summed E-state index contributed by atoms with van der Waals surface area (Å²) in [6.07, 6.45) is 4.83. The van der Waals surface area contributed by atoms with Gasteiger partial charge in [0.05, 0.1) is 12.2 Å².